The smallest absolute Gasteiger partial charge is 0.150 e. The number of benzene rings is 2. The Morgan fingerprint density at radius 1 is 1.13 bits per heavy atom. The van der Waals surface area contributed by atoms with Crippen molar-refractivity contribution in [1.29, 1.82) is 0 Å². The summed E-state index contributed by atoms with van der Waals surface area (Å²) in [6.07, 6.45) is 0.867. The van der Waals surface area contributed by atoms with Gasteiger partial charge < -0.3 is 5.73 Å². The molecule has 0 amide bonds. The van der Waals surface area contributed by atoms with Crippen LogP contribution in [0.3, 0.4) is 0 Å². The van der Waals surface area contributed by atoms with Crippen molar-refractivity contribution in [3.8, 4) is 0 Å². The monoisotopic (exact) mass is 201 g/mol. The van der Waals surface area contributed by atoms with Gasteiger partial charge in [-0.05, 0) is 23.4 Å². The second kappa shape index (κ2) is 5.94. The molecule has 0 aliphatic heterocycles. The molecular formula is C13H15NO. The zero-order chi connectivity index (χ0) is 11.1. The van der Waals surface area contributed by atoms with E-state index < -0.39 is 0 Å². The fourth-order valence-corrected chi connectivity index (χ4v) is 1.28. The van der Waals surface area contributed by atoms with Gasteiger partial charge in [0.2, 0.25) is 0 Å². The van der Waals surface area contributed by atoms with Crippen LogP contribution in [0.1, 0.15) is 17.3 Å². The quantitative estimate of drug-likeness (QED) is 0.721. The van der Waals surface area contributed by atoms with Crippen LogP contribution < -0.4 is 5.73 Å². The summed E-state index contributed by atoms with van der Waals surface area (Å²) < 4.78 is 0. The lowest BCUT2D eigenvalue weighted by Crippen LogP contribution is -1.87. The number of rotatable bonds is 1. The molecule has 78 valence electrons. The molecule has 0 saturated carbocycles. The van der Waals surface area contributed by atoms with Crippen molar-refractivity contribution >= 4 is 17.1 Å². The fraction of sp³-hybridized carbons (Fsp3) is 0.154. The van der Waals surface area contributed by atoms with Crippen LogP contribution in [0.15, 0.2) is 42.5 Å². The zero-order valence-corrected chi connectivity index (χ0v) is 8.81. The van der Waals surface area contributed by atoms with Crippen molar-refractivity contribution in [2.24, 2.45) is 5.73 Å². The largest absolute Gasteiger partial charge is 0.331 e. The maximum atomic E-state index is 10.5. The predicted molar refractivity (Wildman–Crippen MR) is 64.1 cm³/mol. The molecule has 2 rings (SSSR count). The van der Waals surface area contributed by atoms with Crippen LogP contribution in [-0.4, -0.2) is 12.8 Å². The summed E-state index contributed by atoms with van der Waals surface area (Å²) >= 11 is 0. The van der Waals surface area contributed by atoms with E-state index in [1.165, 1.54) is 5.39 Å². The van der Waals surface area contributed by atoms with Gasteiger partial charge in [0.1, 0.15) is 6.29 Å². The standard InChI is InChI=1S/C11H8O.C2H7N/c12-8-9-5-6-10-3-1-2-4-11(10)7-9;1-2-3/h1-8H;2-3H2,1H3. The molecule has 0 saturated heterocycles. The lowest BCUT2D eigenvalue weighted by atomic mass is 10.1. The topological polar surface area (TPSA) is 43.1 Å². The Kier molecular flexibility index (Phi) is 4.51. The first kappa shape index (κ1) is 11.4. The second-order valence-electron chi connectivity index (χ2n) is 3.13. The van der Waals surface area contributed by atoms with Gasteiger partial charge in [0.25, 0.3) is 0 Å². The average Bonchev–Trinajstić information content (AvgIpc) is 2.29. The molecule has 15 heavy (non-hydrogen) atoms. The summed E-state index contributed by atoms with van der Waals surface area (Å²) in [5, 5.41) is 2.28. The van der Waals surface area contributed by atoms with E-state index in [9.17, 15) is 4.79 Å². The van der Waals surface area contributed by atoms with Gasteiger partial charge >= 0.3 is 0 Å². The Balaban J connectivity index is 0.000000337. The van der Waals surface area contributed by atoms with E-state index in [0.717, 1.165) is 23.8 Å². The van der Waals surface area contributed by atoms with Crippen LogP contribution in [0.25, 0.3) is 10.8 Å². The number of hydrogen-bond acceptors (Lipinski definition) is 2. The highest BCUT2D eigenvalue weighted by Gasteiger charge is 1.92. The molecule has 0 aliphatic rings. The van der Waals surface area contributed by atoms with Gasteiger partial charge in [0.05, 0.1) is 0 Å². The van der Waals surface area contributed by atoms with Crippen LogP contribution >= 0.6 is 0 Å². The third-order valence-corrected chi connectivity index (χ3v) is 1.91. The third kappa shape index (κ3) is 3.18. The Morgan fingerprint density at radius 3 is 2.33 bits per heavy atom. The van der Waals surface area contributed by atoms with Crippen molar-refractivity contribution in [3.05, 3.63) is 48.0 Å². The van der Waals surface area contributed by atoms with E-state index in [2.05, 4.69) is 0 Å². The summed E-state index contributed by atoms with van der Waals surface area (Å²) in [5.74, 6) is 0. The van der Waals surface area contributed by atoms with Gasteiger partial charge in [-0.1, -0.05) is 43.3 Å². The summed E-state index contributed by atoms with van der Waals surface area (Å²) in [5.41, 5.74) is 5.58. The number of fused-ring (bicyclic) bond motifs is 1. The Labute approximate surface area is 89.7 Å². The Hall–Kier alpha value is -1.67. The minimum atomic E-state index is 0.730. The number of nitrogens with two attached hydrogens (primary N) is 1. The summed E-state index contributed by atoms with van der Waals surface area (Å²) in [6, 6.07) is 13.7. The predicted octanol–water partition coefficient (Wildman–Crippen LogP) is 2.62. The molecule has 2 aromatic rings. The lowest BCUT2D eigenvalue weighted by molar-refractivity contribution is 0.112. The van der Waals surface area contributed by atoms with Crippen LogP contribution in [0.5, 0.6) is 0 Å². The molecule has 0 heterocycles. The molecular weight excluding hydrogens is 186 g/mol. The first-order valence-electron chi connectivity index (χ1n) is 4.96. The van der Waals surface area contributed by atoms with Gasteiger partial charge in [0, 0.05) is 5.56 Å². The summed E-state index contributed by atoms with van der Waals surface area (Å²) in [4.78, 5) is 10.5. The van der Waals surface area contributed by atoms with E-state index in [-0.39, 0.29) is 0 Å². The van der Waals surface area contributed by atoms with Gasteiger partial charge in [-0.15, -0.1) is 0 Å². The number of carbonyl (C=O) groups is 1. The highest BCUT2D eigenvalue weighted by Crippen LogP contribution is 2.14. The molecule has 2 heteroatoms. The third-order valence-electron chi connectivity index (χ3n) is 1.91. The van der Waals surface area contributed by atoms with E-state index >= 15 is 0 Å². The van der Waals surface area contributed by atoms with E-state index in [4.69, 9.17) is 5.73 Å². The van der Waals surface area contributed by atoms with Crippen molar-refractivity contribution in [2.75, 3.05) is 6.54 Å². The van der Waals surface area contributed by atoms with Crippen molar-refractivity contribution in [1.82, 2.24) is 0 Å². The molecule has 0 aromatic heterocycles. The summed E-state index contributed by atoms with van der Waals surface area (Å²) in [6.45, 7) is 2.65. The molecule has 2 N–H and O–H groups in total. The summed E-state index contributed by atoms with van der Waals surface area (Å²) in [7, 11) is 0. The van der Waals surface area contributed by atoms with Crippen LogP contribution in [0.4, 0.5) is 0 Å². The molecule has 0 spiro atoms. The van der Waals surface area contributed by atoms with Gasteiger partial charge in [-0.25, -0.2) is 0 Å². The molecule has 0 fully saturated rings. The Bertz CT molecular complexity index is 437. The molecule has 0 bridgehead atoms. The van der Waals surface area contributed by atoms with Crippen LogP contribution in [0, 0.1) is 0 Å². The lowest BCUT2D eigenvalue weighted by Gasteiger charge is -1.96. The maximum absolute atomic E-state index is 10.5. The highest BCUT2D eigenvalue weighted by molar-refractivity contribution is 5.88. The first-order chi connectivity index (χ1) is 7.31. The van der Waals surface area contributed by atoms with Gasteiger partial charge in [0.15, 0.2) is 0 Å². The maximum Gasteiger partial charge on any atom is 0.150 e. The van der Waals surface area contributed by atoms with Gasteiger partial charge in [-0.3, -0.25) is 4.79 Å². The number of carbonyl (C=O) groups excluding carboxylic acids is 1. The number of aldehydes is 1. The van der Waals surface area contributed by atoms with Crippen molar-refractivity contribution < 1.29 is 4.79 Å². The molecule has 2 aromatic carbocycles. The normalized spacial score (nSPS) is 9.20. The SMILES string of the molecule is CCN.O=Cc1ccc2ccccc2c1. The second-order valence-corrected chi connectivity index (χ2v) is 3.13. The molecule has 0 aliphatic carbocycles. The molecule has 0 atom stereocenters. The van der Waals surface area contributed by atoms with E-state index in [1.54, 1.807) is 0 Å². The van der Waals surface area contributed by atoms with Gasteiger partial charge in [-0.2, -0.15) is 0 Å². The first-order valence-corrected chi connectivity index (χ1v) is 4.96. The van der Waals surface area contributed by atoms with E-state index in [0.29, 0.717) is 0 Å². The fourth-order valence-electron chi connectivity index (χ4n) is 1.28. The molecule has 0 unspecified atom stereocenters. The minimum Gasteiger partial charge on any atom is -0.331 e. The zero-order valence-electron chi connectivity index (χ0n) is 8.81. The van der Waals surface area contributed by atoms with Crippen LogP contribution in [-0.2, 0) is 0 Å². The molecule has 0 radical (unpaired) electrons. The molecule has 2 nitrogen and oxygen atoms in total. The van der Waals surface area contributed by atoms with Crippen LogP contribution in [0.2, 0.25) is 0 Å². The Morgan fingerprint density at radius 2 is 1.73 bits per heavy atom. The number of hydrogen-bond donors (Lipinski definition) is 1. The van der Waals surface area contributed by atoms with E-state index in [1.807, 2.05) is 49.4 Å². The van der Waals surface area contributed by atoms with Crippen molar-refractivity contribution in [2.45, 2.75) is 6.92 Å². The highest BCUT2D eigenvalue weighted by atomic mass is 16.1. The van der Waals surface area contributed by atoms with Crippen molar-refractivity contribution in [3.63, 3.8) is 0 Å². The average molecular weight is 201 g/mol. The minimum absolute atomic E-state index is 0.730.